The first-order valence-electron chi connectivity index (χ1n) is 15.3. The molecule has 0 unspecified atom stereocenters. The first kappa shape index (κ1) is 32.6. The molecule has 2 aromatic carbocycles. The predicted molar refractivity (Wildman–Crippen MR) is 184 cm³/mol. The predicted octanol–water partition coefficient (Wildman–Crippen LogP) is 5.57. The molecule has 3 N–H and O–H groups in total. The van der Waals surface area contributed by atoms with E-state index >= 15 is 0 Å². The monoisotopic (exact) mass is 684 g/mol. The van der Waals surface area contributed by atoms with Gasteiger partial charge in [-0.15, -0.1) is 0 Å². The highest BCUT2D eigenvalue weighted by Gasteiger charge is 2.34. The van der Waals surface area contributed by atoms with Crippen LogP contribution in [0.25, 0.3) is 12.2 Å². The number of likely N-dealkylation sites (tertiary alicyclic amines) is 2. The van der Waals surface area contributed by atoms with Gasteiger partial charge in [0.25, 0.3) is 5.91 Å². The summed E-state index contributed by atoms with van der Waals surface area (Å²) in [7, 11) is 0. The van der Waals surface area contributed by atoms with Gasteiger partial charge in [0, 0.05) is 55.5 Å². The van der Waals surface area contributed by atoms with Gasteiger partial charge in [-0.05, 0) is 105 Å². The Morgan fingerprint density at radius 1 is 0.848 bits per heavy atom. The normalized spacial score (nSPS) is 23.7. The van der Waals surface area contributed by atoms with Gasteiger partial charge in [0.15, 0.2) is 10.3 Å². The number of phenolic OH excluding ortho intramolecular Hbond substituents is 2. The zero-order chi connectivity index (χ0) is 32.2. The highest BCUT2D eigenvalue weighted by Crippen LogP contribution is 2.35. The molecule has 0 aromatic heterocycles. The average molecular weight is 685 g/mol. The molecule has 3 saturated heterocycles. The van der Waals surface area contributed by atoms with Crippen LogP contribution in [0.1, 0.15) is 43.2 Å². The van der Waals surface area contributed by atoms with E-state index in [0.29, 0.717) is 27.1 Å². The van der Waals surface area contributed by atoms with Gasteiger partial charge in [-0.2, -0.15) is 4.99 Å². The number of benzene rings is 2. The van der Waals surface area contributed by atoms with Crippen molar-refractivity contribution in [1.82, 2.24) is 20.2 Å². The maximum Gasteiger partial charge on any atom is 0.286 e. The fourth-order valence-electron chi connectivity index (χ4n) is 5.78. The van der Waals surface area contributed by atoms with E-state index in [2.05, 4.69) is 25.2 Å². The number of phenols is 2. The molecular formula is C32H34F2N6O3S3. The van der Waals surface area contributed by atoms with Crippen molar-refractivity contribution in [1.29, 1.82) is 0 Å². The summed E-state index contributed by atoms with van der Waals surface area (Å²) in [6.45, 7) is 6.01. The Morgan fingerprint density at radius 3 is 2.11 bits per heavy atom. The molecule has 5 aliphatic heterocycles. The summed E-state index contributed by atoms with van der Waals surface area (Å²) >= 11 is 8.06. The van der Waals surface area contributed by atoms with E-state index in [0.717, 1.165) is 72.8 Å². The number of carbonyl (C=O) groups is 1. The first-order valence-corrected chi connectivity index (χ1v) is 17.3. The van der Waals surface area contributed by atoms with E-state index < -0.39 is 11.6 Å². The molecule has 0 radical (unpaired) electrons. The van der Waals surface area contributed by atoms with Gasteiger partial charge in [0.1, 0.15) is 28.1 Å². The van der Waals surface area contributed by atoms with Crippen molar-refractivity contribution in [2.45, 2.75) is 38.1 Å². The Hall–Kier alpha value is -3.30. The highest BCUT2D eigenvalue weighted by molar-refractivity contribution is 8.19. The minimum absolute atomic E-state index is 0.101. The number of nitrogens with one attached hydrogen (secondary N) is 1. The zero-order valence-electron chi connectivity index (χ0n) is 25.0. The lowest BCUT2D eigenvalue weighted by Crippen LogP contribution is -2.45. The molecule has 3 fully saturated rings. The van der Waals surface area contributed by atoms with E-state index in [4.69, 9.17) is 12.2 Å². The van der Waals surface area contributed by atoms with Crippen LogP contribution in [0.2, 0.25) is 0 Å². The van der Waals surface area contributed by atoms with Gasteiger partial charge in [-0.25, -0.2) is 19.2 Å². The fourth-order valence-corrected chi connectivity index (χ4v) is 7.96. The molecule has 0 saturated carbocycles. The number of amidine groups is 2. The molecule has 0 spiro atoms. The van der Waals surface area contributed by atoms with Crippen molar-refractivity contribution in [3.8, 4) is 11.5 Å². The van der Waals surface area contributed by atoms with Crippen molar-refractivity contribution < 1.29 is 23.8 Å². The van der Waals surface area contributed by atoms with Crippen LogP contribution < -0.4 is 5.43 Å². The van der Waals surface area contributed by atoms with Crippen LogP contribution in [0, 0.1) is 11.6 Å². The largest absolute Gasteiger partial charge is 0.507 e. The van der Waals surface area contributed by atoms with Gasteiger partial charge >= 0.3 is 0 Å². The van der Waals surface area contributed by atoms with Crippen LogP contribution in [0.5, 0.6) is 11.5 Å². The summed E-state index contributed by atoms with van der Waals surface area (Å²) in [6, 6.07) is 8.24. The number of aromatic hydroxyl groups is 2. The summed E-state index contributed by atoms with van der Waals surface area (Å²) in [4.78, 5) is 27.2. The third kappa shape index (κ3) is 7.80. The average Bonchev–Trinajstić information content (AvgIpc) is 3.85. The number of hydrogen-bond donors (Lipinski definition) is 3. The number of amides is 1. The summed E-state index contributed by atoms with van der Waals surface area (Å²) in [5.41, 5.74) is 4.23. The number of carbonyl (C=O) groups excluding carboxylic acids is 1. The lowest BCUT2D eigenvalue weighted by molar-refractivity contribution is -0.113. The minimum atomic E-state index is -0.507. The van der Waals surface area contributed by atoms with E-state index in [1.165, 1.54) is 73.7 Å². The van der Waals surface area contributed by atoms with Crippen molar-refractivity contribution in [2.75, 3.05) is 39.3 Å². The first-order chi connectivity index (χ1) is 22.2. The van der Waals surface area contributed by atoms with Crippen LogP contribution in [0.4, 0.5) is 8.78 Å². The molecule has 1 atom stereocenters. The van der Waals surface area contributed by atoms with Crippen molar-refractivity contribution in [3.63, 3.8) is 0 Å². The molecule has 1 amide bonds. The Morgan fingerprint density at radius 2 is 1.48 bits per heavy atom. The second-order valence-electron chi connectivity index (χ2n) is 11.4. The molecule has 242 valence electrons. The van der Waals surface area contributed by atoms with E-state index in [9.17, 15) is 23.8 Å². The number of hydrogen-bond acceptors (Lipinski definition) is 10. The summed E-state index contributed by atoms with van der Waals surface area (Å²) < 4.78 is 26.1. The molecule has 0 aliphatic carbocycles. The number of aliphatic imine (C=N–C) groups is 2. The number of halogens is 2. The summed E-state index contributed by atoms with van der Waals surface area (Å²) in [5.74, 6) is -1.55. The number of nitrogens with zero attached hydrogens (tertiary/aromatic N) is 5. The third-order valence-corrected chi connectivity index (χ3v) is 10.7. The lowest BCUT2D eigenvalue weighted by atomic mass is 10.2. The number of rotatable bonds is 3. The van der Waals surface area contributed by atoms with Crippen molar-refractivity contribution in [3.05, 3.63) is 69.0 Å². The number of thiocarbonyl (C=S) groups is 1. The molecule has 5 heterocycles. The summed E-state index contributed by atoms with van der Waals surface area (Å²) in [5, 5.41) is 23.1. The van der Waals surface area contributed by atoms with E-state index in [-0.39, 0.29) is 17.4 Å². The Bertz CT molecular complexity index is 1640. The Labute approximate surface area is 280 Å². The highest BCUT2D eigenvalue weighted by atomic mass is 32.2. The van der Waals surface area contributed by atoms with Crippen LogP contribution in [-0.2, 0) is 4.79 Å². The second-order valence-corrected chi connectivity index (χ2v) is 13.8. The molecule has 5 aliphatic rings. The molecule has 46 heavy (non-hydrogen) atoms. The minimum Gasteiger partial charge on any atom is -0.507 e. The van der Waals surface area contributed by atoms with E-state index in [1.54, 1.807) is 12.2 Å². The van der Waals surface area contributed by atoms with Crippen molar-refractivity contribution in [2.24, 2.45) is 9.98 Å². The van der Waals surface area contributed by atoms with Gasteiger partial charge < -0.3 is 15.1 Å². The molecule has 7 rings (SSSR count). The quantitative estimate of drug-likeness (QED) is 0.281. The van der Waals surface area contributed by atoms with Gasteiger partial charge in [0.05, 0.1) is 9.81 Å². The maximum absolute atomic E-state index is 13.1. The third-order valence-electron chi connectivity index (χ3n) is 8.21. The lowest BCUT2D eigenvalue weighted by Gasteiger charge is -2.28. The number of hydrazine groups is 1. The molecule has 14 heteroatoms. The standard InChI is InChI=1S/C18H20FN3O2S.C14H14FN3OS2/c19-13-4-3-12(15(23)10-13)9-16-17(24)20-18(25-16)22-8-5-14(11-22)21-6-1-2-7-21;15-10-4-3-9(11(19)8-10)7-12-13(20)17-14(21-12)18-6-2-1-5-16-18/h3-4,9-10,14,23H,1-2,5-8,11H2;3-4,7-8,16,19H,1-2,5-6H2/b16-9-;12-7-/t14-;/m0./s1. The second kappa shape index (κ2) is 14.6. The van der Waals surface area contributed by atoms with Crippen LogP contribution >= 0.6 is 35.7 Å². The SMILES string of the molecule is O=C1N=C(N2CC[C@H](N3CCCC3)C2)S/C1=C\c1ccc(F)cc1O.Oc1cc(F)ccc1/C=C1\SC(N2CCCCN2)=NC1=S. The van der Waals surface area contributed by atoms with E-state index in [1.807, 2.05) is 5.01 Å². The topological polar surface area (TPSA) is 104 Å². The summed E-state index contributed by atoms with van der Waals surface area (Å²) in [6.07, 6.45) is 9.25. The fraction of sp³-hybridized carbons (Fsp3) is 0.375. The number of thioether (sulfide) groups is 2. The maximum atomic E-state index is 13.1. The molecule has 0 bridgehead atoms. The molecule has 9 nitrogen and oxygen atoms in total. The van der Waals surface area contributed by atoms with Crippen molar-refractivity contribution >= 4 is 69.1 Å². The van der Waals surface area contributed by atoms with Gasteiger partial charge in [-0.3, -0.25) is 14.7 Å². The van der Waals surface area contributed by atoms with Gasteiger partial charge in [-0.1, -0.05) is 12.2 Å². The zero-order valence-corrected chi connectivity index (χ0v) is 27.4. The molecule has 2 aromatic rings. The Balaban J connectivity index is 0.000000164. The van der Waals surface area contributed by atoms with Gasteiger partial charge in [0.2, 0.25) is 0 Å². The molecular weight excluding hydrogens is 651 g/mol. The van der Waals surface area contributed by atoms with Crippen LogP contribution in [0.3, 0.4) is 0 Å². The van der Waals surface area contributed by atoms with Crippen LogP contribution in [-0.4, -0.2) is 91.6 Å². The van der Waals surface area contributed by atoms with Crippen LogP contribution in [0.15, 0.2) is 56.2 Å². The smallest absolute Gasteiger partial charge is 0.286 e. The Kier molecular flexibility index (Phi) is 10.4.